The summed E-state index contributed by atoms with van der Waals surface area (Å²) < 4.78 is 31.7. The van der Waals surface area contributed by atoms with Crippen molar-refractivity contribution in [2.75, 3.05) is 7.11 Å². The van der Waals surface area contributed by atoms with Crippen LogP contribution in [0.2, 0.25) is 0 Å². The number of sulfonamides is 1. The summed E-state index contributed by atoms with van der Waals surface area (Å²) in [7, 11) is -2.75. The topological polar surface area (TPSA) is 89.5 Å². The molecule has 0 fully saturated rings. The van der Waals surface area contributed by atoms with Gasteiger partial charge in [-0.1, -0.05) is 19.1 Å². The lowest BCUT2D eigenvalue weighted by molar-refractivity contribution is -0.147. The second-order valence-electron chi connectivity index (χ2n) is 4.87. The fourth-order valence-corrected chi connectivity index (χ4v) is 3.20. The van der Waals surface area contributed by atoms with Gasteiger partial charge in [0.05, 0.1) is 12.0 Å². The molecule has 0 aliphatic heterocycles. The summed E-state index contributed by atoms with van der Waals surface area (Å²) in [5, 5.41) is 0. The van der Waals surface area contributed by atoms with Crippen molar-refractivity contribution in [1.29, 1.82) is 0 Å². The number of hydrogen-bond acceptors (Lipinski definition) is 5. The summed E-state index contributed by atoms with van der Waals surface area (Å²) >= 11 is 0. The van der Waals surface area contributed by atoms with Crippen molar-refractivity contribution >= 4 is 21.8 Å². The van der Waals surface area contributed by atoms with E-state index in [4.69, 9.17) is 0 Å². The molecule has 7 heteroatoms. The van der Waals surface area contributed by atoms with Gasteiger partial charge in [-0.2, -0.15) is 4.72 Å². The summed E-state index contributed by atoms with van der Waals surface area (Å²) in [6.45, 7) is 4.47. The highest BCUT2D eigenvalue weighted by molar-refractivity contribution is 7.89. The Hall–Kier alpha value is -1.73. The van der Waals surface area contributed by atoms with Gasteiger partial charge in [0.25, 0.3) is 0 Å². The average Bonchev–Trinajstić information content (AvgIpc) is 2.45. The van der Waals surface area contributed by atoms with Crippen LogP contribution in [0.3, 0.4) is 0 Å². The maximum Gasteiger partial charge on any atom is 0.326 e. The maximum absolute atomic E-state index is 12.4. The third-order valence-corrected chi connectivity index (χ3v) is 4.85. The number of carbonyl (C=O) groups is 2. The van der Waals surface area contributed by atoms with Gasteiger partial charge >= 0.3 is 5.97 Å². The highest BCUT2D eigenvalue weighted by atomic mass is 32.2. The van der Waals surface area contributed by atoms with Crippen LogP contribution in [0.25, 0.3) is 0 Å². The Morgan fingerprint density at radius 3 is 2.43 bits per heavy atom. The lowest BCUT2D eigenvalue weighted by atomic mass is 10.0. The smallest absolute Gasteiger partial charge is 0.326 e. The maximum atomic E-state index is 12.4. The largest absolute Gasteiger partial charge is 0.468 e. The molecule has 0 saturated heterocycles. The second kappa shape index (κ2) is 6.36. The molecule has 21 heavy (non-hydrogen) atoms. The Labute approximate surface area is 124 Å². The van der Waals surface area contributed by atoms with Crippen molar-refractivity contribution in [3.05, 3.63) is 29.8 Å². The number of ether oxygens (including phenoxy) is 1. The number of benzene rings is 1. The molecule has 0 aliphatic carbocycles. The standard InChI is InChI=1S/C14H19NO5S/c1-5-14(3,13(17)20-4)15-21(18,19)12-8-6-7-11(9-12)10(2)16/h6-9,15H,5H2,1-4H3. The van der Waals surface area contributed by atoms with E-state index < -0.39 is 21.5 Å². The van der Waals surface area contributed by atoms with Gasteiger partial charge in [0.1, 0.15) is 5.54 Å². The van der Waals surface area contributed by atoms with Crippen LogP contribution in [0, 0.1) is 0 Å². The van der Waals surface area contributed by atoms with Gasteiger partial charge in [-0.05, 0) is 32.4 Å². The van der Waals surface area contributed by atoms with Crippen molar-refractivity contribution < 1.29 is 22.7 Å². The summed E-state index contributed by atoms with van der Waals surface area (Å²) in [6.07, 6.45) is 0.227. The average molecular weight is 313 g/mol. The highest BCUT2D eigenvalue weighted by Crippen LogP contribution is 2.18. The first-order valence-electron chi connectivity index (χ1n) is 6.39. The van der Waals surface area contributed by atoms with Crippen molar-refractivity contribution in [1.82, 2.24) is 4.72 Å². The van der Waals surface area contributed by atoms with Gasteiger partial charge < -0.3 is 4.74 Å². The van der Waals surface area contributed by atoms with E-state index in [1.807, 2.05) is 0 Å². The first-order valence-corrected chi connectivity index (χ1v) is 7.88. The summed E-state index contributed by atoms with van der Waals surface area (Å²) in [6, 6.07) is 5.65. The Morgan fingerprint density at radius 2 is 1.95 bits per heavy atom. The Balaban J connectivity index is 3.20. The molecule has 0 aliphatic rings. The monoisotopic (exact) mass is 313 g/mol. The molecule has 0 spiro atoms. The SMILES string of the molecule is CCC(C)(NS(=O)(=O)c1cccc(C(C)=O)c1)C(=O)OC. The van der Waals surface area contributed by atoms with Crippen molar-refractivity contribution in [2.45, 2.75) is 37.6 Å². The molecule has 0 saturated carbocycles. The fourth-order valence-electron chi connectivity index (χ4n) is 1.72. The Bertz CT molecular complexity index is 653. The number of nitrogens with one attached hydrogen (secondary N) is 1. The fraction of sp³-hybridized carbons (Fsp3) is 0.429. The first-order chi connectivity index (χ1) is 9.66. The van der Waals surface area contributed by atoms with Crippen LogP contribution >= 0.6 is 0 Å². The molecule has 0 heterocycles. The van der Waals surface area contributed by atoms with Crippen LogP contribution in [0.5, 0.6) is 0 Å². The third-order valence-electron chi connectivity index (χ3n) is 3.25. The molecule has 116 valence electrons. The van der Waals surface area contributed by atoms with Gasteiger partial charge in [0.2, 0.25) is 10.0 Å². The number of hydrogen-bond donors (Lipinski definition) is 1. The molecule has 1 unspecified atom stereocenters. The number of esters is 1. The minimum atomic E-state index is -3.94. The van der Waals surface area contributed by atoms with Crippen LogP contribution in [-0.2, 0) is 19.6 Å². The molecule has 1 aromatic rings. The number of Topliss-reactive ketones (excluding diaryl/α,β-unsaturated/α-hetero) is 1. The van der Waals surface area contributed by atoms with Gasteiger partial charge in [-0.15, -0.1) is 0 Å². The molecular formula is C14H19NO5S. The number of rotatable bonds is 6. The van der Waals surface area contributed by atoms with E-state index in [0.717, 1.165) is 0 Å². The van der Waals surface area contributed by atoms with E-state index in [0.29, 0.717) is 0 Å². The van der Waals surface area contributed by atoms with E-state index in [2.05, 4.69) is 9.46 Å². The molecule has 1 atom stereocenters. The minimum absolute atomic E-state index is 0.0706. The number of methoxy groups -OCH3 is 1. The van der Waals surface area contributed by atoms with E-state index in [-0.39, 0.29) is 22.7 Å². The normalized spacial score (nSPS) is 14.3. The van der Waals surface area contributed by atoms with Crippen LogP contribution in [0.1, 0.15) is 37.6 Å². The quantitative estimate of drug-likeness (QED) is 0.635. The van der Waals surface area contributed by atoms with E-state index in [1.54, 1.807) is 6.92 Å². The number of carbonyl (C=O) groups excluding carboxylic acids is 2. The molecule has 0 amide bonds. The van der Waals surface area contributed by atoms with Gasteiger partial charge in [-0.25, -0.2) is 8.42 Å². The van der Waals surface area contributed by atoms with Crippen molar-refractivity contribution in [2.24, 2.45) is 0 Å². The second-order valence-corrected chi connectivity index (χ2v) is 6.55. The summed E-state index contributed by atoms with van der Waals surface area (Å²) in [5.74, 6) is -0.908. The van der Waals surface area contributed by atoms with Gasteiger partial charge in [0.15, 0.2) is 5.78 Å². The first kappa shape index (κ1) is 17.3. The lowest BCUT2D eigenvalue weighted by Crippen LogP contribution is -2.52. The zero-order valence-corrected chi connectivity index (χ0v) is 13.3. The molecular weight excluding hydrogens is 294 g/mol. The van der Waals surface area contributed by atoms with E-state index in [9.17, 15) is 18.0 Å². The highest BCUT2D eigenvalue weighted by Gasteiger charge is 2.37. The summed E-state index contributed by atoms with van der Waals surface area (Å²) in [4.78, 5) is 23.0. The molecule has 1 rings (SSSR count). The zero-order chi connectivity index (χ0) is 16.3. The van der Waals surface area contributed by atoms with Crippen LogP contribution in [-0.4, -0.2) is 32.8 Å². The molecule has 0 aromatic heterocycles. The van der Waals surface area contributed by atoms with Crippen molar-refractivity contribution in [3.63, 3.8) is 0 Å². The van der Waals surface area contributed by atoms with Gasteiger partial charge in [0, 0.05) is 5.56 Å². The molecule has 0 radical (unpaired) electrons. The predicted molar refractivity (Wildman–Crippen MR) is 77.5 cm³/mol. The van der Waals surface area contributed by atoms with E-state index >= 15 is 0 Å². The van der Waals surface area contributed by atoms with Crippen LogP contribution < -0.4 is 4.72 Å². The van der Waals surface area contributed by atoms with E-state index in [1.165, 1.54) is 45.2 Å². The minimum Gasteiger partial charge on any atom is -0.468 e. The molecule has 1 N–H and O–H groups in total. The van der Waals surface area contributed by atoms with Crippen LogP contribution in [0.15, 0.2) is 29.2 Å². The van der Waals surface area contributed by atoms with Crippen LogP contribution in [0.4, 0.5) is 0 Å². The Kier molecular flexibility index (Phi) is 5.25. The Morgan fingerprint density at radius 1 is 1.33 bits per heavy atom. The number of ketones is 1. The molecule has 0 bridgehead atoms. The van der Waals surface area contributed by atoms with Gasteiger partial charge in [-0.3, -0.25) is 9.59 Å². The molecule has 1 aromatic carbocycles. The molecule has 6 nitrogen and oxygen atoms in total. The third kappa shape index (κ3) is 3.89. The summed E-state index contributed by atoms with van der Waals surface area (Å²) in [5.41, 5.74) is -1.08. The zero-order valence-electron chi connectivity index (χ0n) is 12.5. The lowest BCUT2D eigenvalue weighted by Gasteiger charge is -2.26. The predicted octanol–water partition coefficient (Wildman–Crippen LogP) is 1.51. The van der Waals surface area contributed by atoms with Crippen molar-refractivity contribution in [3.8, 4) is 0 Å².